The first-order valence-electron chi connectivity index (χ1n) is 4.49. The van der Waals surface area contributed by atoms with Crippen molar-refractivity contribution in [1.29, 1.82) is 0 Å². The lowest BCUT2D eigenvalue weighted by atomic mass is 10.3. The fraction of sp³-hybridized carbons (Fsp3) is 0.364. The molecule has 14 heavy (non-hydrogen) atoms. The number of pyridine rings is 1. The van der Waals surface area contributed by atoms with Gasteiger partial charge in [-0.1, -0.05) is 0 Å². The lowest BCUT2D eigenvalue weighted by Gasteiger charge is -2.05. The molecule has 2 nitrogen and oxygen atoms in total. The molecule has 0 aromatic carbocycles. The van der Waals surface area contributed by atoms with Crippen LogP contribution in [0.5, 0.6) is 0 Å². The molecule has 3 heteroatoms. The van der Waals surface area contributed by atoms with Crippen LogP contribution in [0.25, 0.3) is 0 Å². The van der Waals surface area contributed by atoms with Crippen molar-refractivity contribution in [3.05, 3.63) is 22.3 Å². The van der Waals surface area contributed by atoms with E-state index in [-0.39, 0.29) is 0 Å². The van der Waals surface area contributed by atoms with Gasteiger partial charge in [0.05, 0.1) is 4.47 Å². The van der Waals surface area contributed by atoms with Gasteiger partial charge >= 0.3 is 0 Å². The van der Waals surface area contributed by atoms with Crippen LogP contribution in [0.1, 0.15) is 18.9 Å². The van der Waals surface area contributed by atoms with Gasteiger partial charge in [-0.05, 0) is 41.4 Å². The van der Waals surface area contributed by atoms with Crippen LogP contribution >= 0.6 is 15.9 Å². The minimum Gasteiger partial charge on any atom is -0.368 e. The standard InChI is InChI=1S/C11H13BrN2/c1-3-4-5-6-13-11-10(12)7-9(2)8-14-11/h7-8H,5-6H2,1-2H3,(H,13,14). The van der Waals surface area contributed by atoms with Crippen LogP contribution < -0.4 is 5.32 Å². The fourth-order valence-corrected chi connectivity index (χ4v) is 1.64. The Labute approximate surface area is 93.3 Å². The number of nitrogens with zero attached hydrogens (tertiary/aromatic N) is 1. The summed E-state index contributed by atoms with van der Waals surface area (Å²) in [6.45, 7) is 4.69. The molecule has 0 radical (unpaired) electrons. The molecule has 1 aromatic heterocycles. The van der Waals surface area contributed by atoms with E-state index in [1.165, 1.54) is 0 Å². The van der Waals surface area contributed by atoms with Crippen molar-refractivity contribution in [2.75, 3.05) is 11.9 Å². The Morgan fingerprint density at radius 1 is 1.57 bits per heavy atom. The Morgan fingerprint density at radius 2 is 2.36 bits per heavy atom. The molecule has 0 saturated heterocycles. The van der Waals surface area contributed by atoms with Crippen LogP contribution in [0.3, 0.4) is 0 Å². The molecule has 0 aliphatic heterocycles. The molecule has 0 saturated carbocycles. The average molecular weight is 253 g/mol. The third-order valence-corrected chi connectivity index (χ3v) is 2.30. The van der Waals surface area contributed by atoms with Crippen molar-refractivity contribution < 1.29 is 0 Å². The molecule has 0 atom stereocenters. The van der Waals surface area contributed by atoms with Crippen molar-refractivity contribution in [2.24, 2.45) is 0 Å². The van der Waals surface area contributed by atoms with Gasteiger partial charge in [0, 0.05) is 19.2 Å². The van der Waals surface area contributed by atoms with Gasteiger partial charge in [-0.3, -0.25) is 0 Å². The zero-order valence-electron chi connectivity index (χ0n) is 8.39. The van der Waals surface area contributed by atoms with Gasteiger partial charge in [0.1, 0.15) is 5.82 Å². The second-order valence-corrected chi connectivity index (χ2v) is 3.80. The van der Waals surface area contributed by atoms with Gasteiger partial charge in [-0.15, -0.1) is 11.8 Å². The Bertz CT molecular complexity index is 363. The van der Waals surface area contributed by atoms with E-state index >= 15 is 0 Å². The lowest BCUT2D eigenvalue weighted by molar-refractivity contribution is 1.06. The maximum atomic E-state index is 4.27. The first-order chi connectivity index (χ1) is 6.74. The number of hydrogen-bond donors (Lipinski definition) is 1. The minimum atomic E-state index is 0.829. The predicted octanol–water partition coefficient (Wildman–Crippen LogP) is 2.98. The Hall–Kier alpha value is -1.01. The van der Waals surface area contributed by atoms with E-state index in [4.69, 9.17) is 0 Å². The summed E-state index contributed by atoms with van der Waals surface area (Å²) in [5.41, 5.74) is 1.15. The highest BCUT2D eigenvalue weighted by molar-refractivity contribution is 9.10. The SMILES string of the molecule is CC#CCCNc1ncc(C)cc1Br. The number of aryl methyl sites for hydroxylation is 1. The van der Waals surface area contributed by atoms with Gasteiger partial charge in [0.25, 0.3) is 0 Å². The smallest absolute Gasteiger partial charge is 0.140 e. The first kappa shape index (κ1) is 11.1. The highest BCUT2D eigenvalue weighted by Gasteiger charge is 1.99. The summed E-state index contributed by atoms with van der Waals surface area (Å²) in [7, 11) is 0. The summed E-state index contributed by atoms with van der Waals surface area (Å²) >= 11 is 3.46. The van der Waals surface area contributed by atoms with Gasteiger partial charge in [-0.25, -0.2) is 4.98 Å². The molecule has 0 bridgehead atoms. The number of aromatic nitrogens is 1. The van der Waals surface area contributed by atoms with E-state index in [0.29, 0.717) is 0 Å². The van der Waals surface area contributed by atoms with Gasteiger partial charge in [0.2, 0.25) is 0 Å². The van der Waals surface area contributed by atoms with Crippen LogP contribution in [0.4, 0.5) is 5.82 Å². The molecule has 0 unspecified atom stereocenters. The van der Waals surface area contributed by atoms with E-state index < -0.39 is 0 Å². The van der Waals surface area contributed by atoms with Crippen LogP contribution in [0, 0.1) is 18.8 Å². The van der Waals surface area contributed by atoms with Crippen molar-refractivity contribution >= 4 is 21.7 Å². The number of hydrogen-bond acceptors (Lipinski definition) is 2. The second kappa shape index (κ2) is 5.66. The summed E-state index contributed by atoms with van der Waals surface area (Å²) in [5.74, 6) is 6.73. The summed E-state index contributed by atoms with van der Waals surface area (Å²) in [6, 6.07) is 2.04. The molecule has 0 fully saturated rings. The highest BCUT2D eigenvalue weighted by atomic mass is 79.9. The maximum Gasteiger partial charge on any atom is 0.140 e. The van der Waals surface area contributed by atoms with Crippen molar-refractivity contribution in [2.45, 2.75) is 20.3 Å². The van der Waals surface area contributed by atoms with Gasteiger partial charge < -0.3 is 5.32 Å². The Morgan fingerprint density at radius 3 is 3.00 bits per heavy atom. The number of nitrogens with one attached hydrogen (secondary N) is 1. The quantitative estimate of drug-likeness (QED) is 0.661. The Kier molecular flexibility index (Phi) is 4.48. The van der Waals surface area contributed by atoms with Gasteiger partial charge in [-0.2, -0.15) is 0 Å². The summed E-state index contributed by atoms with van der Waals surface area (Å²) < 4.78 is 1.00. The molecule has 74 valence electrons. The molecule has 0 aliphatic rings. The fourth-order valence-electron chi connectivity index (χ4n) is 1.03. The number of halogens is 1. The highest BCUT2D eigenvalue weighted by Crippen LogP contribution is 2.19. The third-order valence-electron chi connectivity index (χ3n) is 1.70. The second-order valence-electron chi connectivity index (χ2n) is 2.95. The van der Waals surface area contributed by atoms with Gasteiger partial charge in [0.15, 0.2) is 0 Å². The van der Waals surface area contributed by atoms with Crippen molar-refractivity contribution in [1.82, 2.24) is 4.98 Å². The van der Waals surface area contributed by atoms with E-state index in [1.54, 1.807) is 0 Å². The van der Waals surface area contributed by atoms with Crippen molar-refractivity contribution in [3.63, 3.8) is 0 Å². The molecule has 1 heterocycles. The zero-order chi connectivity index (χ0) is 10.4. The molecular weight excluding hydrogens is 240 g/mol. The van der Waals surface area contributed by atoms with Crippen LogP contribution in [-0.4, -0.2) is 11.5 Å². The van der Waals surface area contributed by atoms with E-state index in [0.717, 1.165) is 28.8 Å². The molecule has 1 N–H and O–H groups in total. The molecule has 0 spiro atoms. The van der Waals surface area contributed by atoms with Crippen LogP contribution in [-0.2, 0) is 0 Å². The average Bonchev–Trinajstić information content (AvgIpc) is 2.15. The summed E-state index contributed by atoms with van der Waals surface area (Å²) in [5, 5.41) is 3.21. The van der Waals surface area contributed by atoms with Crippen LogP contribution in [0.15, 0.2) is 16.7 Å². The zero-order valence-corrected chi connectivity index (χ0v) is 9.98. The summed E-state index contributed by atoms with van der Waals surface area (Å²) in [4.78, 5) is 4.27. The lowest BCUT2D eigenvalue weighted by Crippen LogP contribution is -2.03. The molecular formula is C11H13BrN2. The predicted molar refractivity (Wildman–Crippen MR) is 63.2 cm³/mol. The molecule has 1 aromatic rings. The summed E-state index contributed by atoms with van der Waals surface area (Å²) in [6.07, 6.45) is 2.69. The van der Waals surface area contributed by atoms with E-state index in [2.05, 4.69) is 38.1 Å². The normalized spacial score (nSPS) is 9.07. The van der Waals surface area contributed by atoms with E-state index in [1.807, 2.05) is 26.1 Å². The Balaban J connectivity index is 2.53. The van der Waals surface area contributed by atoms with Crippen molar-refractivity contribution in [3.8, 4) is 11.8 Å². The number of rotatable bonds is 3. The molecule has 0 amide bonds. The third kappa shape index (κ3) is 3.39. The van der Waals surface area contributed by atoms with E-state index in [9.17, 15) is 0 Å². The molecule has 1 rings (SSSR count). The largest absolute Gasteiger partial charge is 0.368 e. The maximum absolute atomic E-state index is 4.27. The topological polar surface area (TPSA) is 24.9 Å². The minimum absolute atomic E-state index is 0.829. The van der Waals surface area contributed by atoms with Crippen LogP contribution in [0.2, 0.25) is 0 Å². The monoisotopic (exact) mass is 252 g/mol. The first-order valence-corrected chi connectivity index (χ1v) is 5.29. The number of anilines is 1. The molecule has 0 aliphatic carbocycles.